The lowest BCUT2D eigenvalue weighted by atomic mass is 9.83. The van der Waals surface area contributed by atoms with Gasteiger partial charge in [0.2, 0.25) is 0 Å². The van der Waals surface area contributed by atoms with Crippen LogP contribution in [0.25, 0.3) is 11.6 Å². The maximum atomic E-state index is 14.4. The van der Waals surface area contributed by atoms with Crippen molar-refractivity contribution in [2.45, 2.75) is 44.6 Å². The van der Waals surface area contributed by atoms with Gasteiger partial charge in [-0.3, -0.25) is 15.1 Å². The van der Waals surface area contributed by atoms with E-state index in [0.717, 1.165) is 84.4 Å². The highest BCUT2D eigenvalue weighted by atomic mass is 19.1. The molecule has 0 spiro atoms. The average Bonchev–Trinajstić information content (AvgIpc) is 3.17. The first kappa shape index (κ1) is 21.4. The second kappa shape index (κ2) is 8.55. The van der Waals surface area contributed by atoms with E-state index in [2.05, 4.69) is 21.5 Å². The van der Waals surface area contributed by atoms with Crippen molar-refractivity contribution in [2.75, 3.05) is 19.7 Å². The molecule has 0 aromatic heterocycles. The van der Waals surface area contributed by atoms with E-state index in [0.29, 0.717) is 25.0 Å². The van der Waals surface area contributed by atoms with Gasteiger partial charge in [-0.15, -0.1) is 0 Å². The highest BCUT2D eigenvalue weighted by Crippen LogP contribution is 2.39. The number of hydrazone groups is 1. The van der Waals surface area contributed by atoms with Crippen molar-refractivity contribution in [3.63, 3.8) is 0 Å². The van der Waals surface area contributed by atoms with Crippen LogP contribution in [0.3, 0.4) is 0 Å². The molecule has 34 heavy (non-hydrogen) atoms. The van der Waals surface area contributed by atoms with Gasteiger partial charge in [0.05, 0.1) is 17.7 Å². The molecule has 1 aromatic carbocycles. The third-order valence-corrected chi connectivity index (χ3v) is 7.81. The number of hydrogen-bond acceptors (Lipinski definition) is 5. The Balaban J connectivity index is 1.23. The summed E-state index contributed by atoms with van der Waals surface area (Å²) in [6.07, 6.45) is 13.2. The lowest BCUT2D eigenvalue weighted by molar-refractivity contribution is -0.138. The Morgan fingerprint density at radius 1 is 1.24 bits per heavy atom. The molecule has 2 aliphatic carbocycles. The lowest BCUT2D eigenvalue weighted by Gasteiger charge is -2.38. The molecule has 0 bridgehead atoms. The van der Waals surface area contributed by atoms with Gasteiger partial charge in [0.15, 0.2) is 0 Å². The van der Waals surface area contributed by atoms with Gasteiger partial charge >= 0.3 is 5.97 Å². The standard InChI is InChI=1S/C27H28FN3O3/c28-19-12-18-3-6-24-26(18)21(13-19)23-15-34-14-22(27(23)30-29-24)17-7-9-31(10-8-17)20-4-1-16(2-5-20)11-25(32)33/h3,6-7,12-13,15-16,20,30H,1-2,4-5,8-11,14H2,(H,32,33). The number of fused-ring (bicyclic) bond motifs is 2. The summed E-state index contributed by atoms with van der Waals surface area (Å²) in [5.74, 6) is -0.624. The third kappa shape index (κ3) is 3.78. The summed E-state index contributed by atoms with van der Waals surface area (Å²) < 4.78 is 20.3. The first-order valence-corrected chi connectivity index (χ1v) is 12.1. The topological polar surface area (TPSA) is 74.2 Å². The van der Waals surface area contributed by atoms with Crippen LogP contribution in [-0.2, 0) is 9.53 Å². The first-order chi connectivity index (χ1) is 16.6. The largest absolute Gasteiger partial charge is 0.496 e. The highest BCUT2D eigenvalue weighted by Gasteiger charge is 2.32. The van der Waals surface area contributed by atoms with Crippen molar-refractivity contribution < 1.29 is 19.0 Å². The van der Waals surface area contributed by atoms with E-state index in [4.69, 9.17) is 9.84 Å². The highest BCUT2D eigenvalue weighted by molar-refractivity contribution is 6.20. The molecule has 6 rings (SSSR count). The molecule has 2 N–H and O–H groups in total. The number of halogens is 1. The van der Waals surface area contributed by atoms with E-state index in [1.807, 2.05) is 12.2 Å². The predicted octanol–water partition coefficient (Wildman–Crippen LogP) is 4.45. The summed E-state index contributed by atoms with van der Waals surface area (Å²) in [6, 6.07) is 3.65. The lowest BCUT2D eigenvalue weighted by Crippen LogP contribution is -2.41. The van der Waals surface area contributed by atoms with E-state index in [1.165, 1.54) is 5.57 Å². The molecule has 0 amide bonds. The third-order valence-electron chi connectivity index (χ3n) is 7.81. The molecule has 176 valence electrons. The van der Waals surface area contributed by atoms with Gasteiger partial charge in [-0.1, -0.05) is 12.2 Å². The second-order valence-corrected chi connectivity index (χ2v) is 9.80. The number of nitrogens with one attached hydrogen (secondary N) is 1. The van der Waals surface area contributed by atoms with Crippen molar-refractivity contribution in [3.05, 3.63) is 69.9 Å². The van der Waals surface area contributed by atoms with Crippen molar-refractivity contribution >= 4 is 23.3 Å². The summed E-state index contributed by atoms with van der Waals surface area (Å²) >= 11 is 0. The fourth-order valence-electron chi connectivity index (χ4n) is 6.05. The molecule has 1 fully saturated rings. The zero-order valence-electron chi connectivity index (χ0n) is 19.0. The van der Waals surface area contributed by atoms with E-state index >= 15 is 0 Å². The van der Waals surface area contributed by atoms with Crippen molar-refractivity contribution in [2.24, 2.45) is 11.0 Å². The fraction of sp³-hybridized carbons (Fsp3) is 0.407. The smallest absolute Gasteiger partial charge is 0.303 e. The molecule has 3 heterocycles. The Hall–Kier alpha value is -3.19. The van der Waals surface area contributed by atoms with Crippen LogP contribution >= 0.6 is 0 Å². The minimum absolute atomic E-state index is 0.264. The number of rotatable bonds is 4. The van der Waals surface area contributed by atoms with Crippen LogP contribution in [0.2, 0.25) is 0 Å². The minimum Gasteiger partial charge on any atom is -0.496 e. The summed E-state index contributed by atoms with van der Waals surface area (Å²) in [7, 11) is 0. The maximum absolute atomic E-state index is 14.4. The maximum Gasteiger partial charge on any atom is 0.303 e. The Morgan fingerprint density at radius 3 is 2.85 bits per heavy atom. The summed E-state index contributed by atoms with van der Waals surface area (Å²) in [5, 5.41) is 13.7. The monoisotopic (exact) mass is 461 g/mol. The number of aliphatic carboxylic acids is 1. The summed E-state index contributed by atoms with van der Waals surface area (Å²) in [4.78, 5) is 13.5. The van der Waals surface area contributed by atoms with Gasteiger partial charge in [-0.25, -0.2) is 4.39 Å². The van der Waals surface area contributed by atoms with Gasteiger partial charge in [0, 0.05) is 42.3 Å². The van der Waals surface area contributed by atoms with Crippen molar-refractivity contribution in [1.82, 2.24) is 10.3 Å². The number of nitrogens with zero attached hydrogens (tertiary/aromatic N) is 2. The van der Waals surface area contributed by atoms with Crippen LogP contribution in [0.4, 0.5) is 4.39 Å². The van der Waals surface area contributed by atoms with Crippen LogP contribution in [-0.4, -0.2) is 47.4 Å². The van der Waals surface area contributed by atoms with E-state index in [1.54, 1.807) is 18.4 Å². The normalized spacial score (nSPS) is 25.9. The number of hydrogen-bond donors (Lipinski definition) is 2. The number of carboxylic acid groups (broad SMARTS) is 1. The summed E-state index contributed by atoms with van der Waals surface area (Å²) in [5.41, 5.74) is 10.8. The Bertz CT molecular complexity index is 1200. The molecular formula is C27H28FN3O3. The first-order valence-electron chi connectivity index (χ1n) is 12.1. The molecule has 0 radical (unpaired) electrons. The molecule has 0 atom stereocenters. The number of ether oxygens (including phenoxy) is 1. The van der Waals surface area contributed by atoms with Gasteiger partial charge in [-0.05, 0) is 72.9 Å². The molecule has 3 aliphatic heterocycles. The fourth-order valence-corrected chi connectivity index (χ4v) is 6.05. The van der Waals surface area contributed by atoms with Crippen LogP contribution in [0, 0.1) is 11.7 Å². The Labute approximate surface area is 198 Å². The quantitative estimate of drug-likeness (QED) is 0.693. The van der Waals surface area contributed by atoms with Crippen LogP contribution < -0.4 is 5.43 Å². The van der Waals surface area contributed by atoms with E-state index in [-0.39, 0.29) is 5.82 Å². The SMILES string of the molecule is O=C(O)CC1CCC(N2CC=C(C3=C4NN=C5C=Cc6cc(F)cc(c65)C4=COC3)CC2)CC1. The molecule has 1 saturated carbocycles. The van der Waals surface area contributed by atoms with Gasteiger partial charge in [0.25, 0.3) is 0 Å². The Kier molecular flexibility index (Phi) is 5.37. The van der Waals surface area contributed by atoms with Crippen molar-refractivity contribution in [1.29, 1.82) is 0 Å². The van der Waals surface area contributed by atoms with E-state index in [9.17, 15) is 9.18 Å². The van der Waals surface area contributed by atoms with Crippen molar-refractivity contribution in [3.8, 4) is 0 Å². The number of benzene rings is 1. The average molecular weight is 462 g/mol. The molecule has 7 heteroatoms. The van der Waals surface area contributed by atoms with Crippen LogP contribution in [0.15, 0.2) is 52.5 Å². The van der Waals surface area contributed by atoms with Gasteiger partial charge in [-0.2, -0.15) is 5.10 Å². The zero-order chi connectivity index (χ0) is 23.2. The van der Waals surface area contributed by atoms with Crippen LogP contribution in [0.5, 0.6) is 0 Å². The number of carbonyl (C=O) groups is 1. The molecular weight excluding hydrogens is 433 g/mol. The summed E-state index contributed by atoms with van der Waals surface area (Å²) in [6.45, 7) is 2.32. The number of carboxylic acids is 1. The van der Waals surface area contributed by atoms with Crippen LogP contribution in [0.1, 0.15) is 55.2 Å². The minimum atomic E-state index is -0.682. The molecule has 0 unspecified atom stereocenters. The molecule has 5 aliphatic rings. The number of allylic oxidation sites excluding steroid dienone is 2. The zero-order valence-corrected chi connectivity index (χ0v) is 19.0. The van der Waals surface area contributed by atoms with Gasteiger partial charge < -0.3 is 9.84 Å². The molecule has 1 aromatic rings. The Morgan fingerprint density at radius 2 is 2.09 bits per heavy atom. The predicted molar refractivity (Wildman–Crippen MR) is 128 cm³/mol. The molecule has 0 saturated heterocycles. The second-order valence-electron chi connectivity index (χ2n) is 9.80. The molecule has 6 nitrogen and oxygen atoms in total. The van der Waals surface area contributed by atoms with Gasteiger partial charge in [0.1, 0.15) is 12.4 Å². The van der Waals surface area contributed by atoms with E-state index < -0.39 is 5.97 Å².